The van der Waals surface area contributed by atoms with Crippen molar-refractivity contribution in [3.05, 3.63) is 29.6 Å². The highest BCUT2D eigenvalue weighted by Gasteiger charge is 2.27. The lowest BCUT2D eigenvalue weighted by atomic mass is 10.0. The van der Waals surface area contributed by atoms with Crippen LogP contribution in [0.4, 0.5) is 4.39 Å². The maximum absolute atomic E-state index is 14.0. The molecule has 1 fully saturated rings. The molecule has 20 heavy (non-hydrogen) atoms. The SMILES string of the molecule is CCSC1CCC(NC(C)c2c(F)cccc2OC)C1. The molecule has 1 aliphatic carbocycles. The molecule has 0 aromatic heterocycles. The molecule has 0 radical (unpaired) electrons. The minimum Gasteiger partial charge on any atom is -0.496 e. The summed E-state index contributed by atoms with van der Waals surface area (Å²) >= 11 is 2.04. The number of halogens is 1. The van der Waals surface area contributed by atoms with Crippen molar-refractivity contribution in [3.8, 4) is 5.75 Å². The summed E-state index contributed by atoms with van der Waals surface area (Å²) in [5.74, 6) is 1.61. The van der Waals surface area contributed by atoms with Crippen molar-refractivity contribution in [2.45, 2.75) is 50.4 Å². The normalized spacial score (nSPS) is 23.8. The molecule has 1 aliphatic rings. The van der Waals surface area contributed by atoms with Crippen LogP contribution in [0.15, 0.2) is 18.2 Å². The van der Waals surface area contributed by atoms with Gasteiger partial charge in [0.1, 0.15) is 11.6 Å². The van der Waals surface area contributed by atoms with Gasteiger partial charge in [-0.2, -0.15) is 11.8 Å². The van der Waals surface area contributed by atoms with E-state index in [9.17, 15) is 4.39 Å². The third kappa shape index (κ3) is 3.67. The van der Waals surface area contributed by atoms with E-state index in [4.69, 9.17) is 4.74 Å². The average Bonchev–Trinajstić information content (AvgIpc) is 2.86. The Morgan fingerprint density at radius 1 is 1.45 bits per heavy atom. The van der Waals surface area contributed by atoms with Crippen LogP contribution in [0, 0.1) is 5.82 Å². The van der Waals surface area contributed by atoms with Crippen LogP contribution in [0.3, 0.4) is 0 Å². The van der Waals surface area contributed by atoms with Crippen LogP contribution in [0.2, 0.25) is 0 Å². The lowest BCUT2D eigenvalue weighted by Crippen LogP contribution is -2.30. The molecule has 1 aromatic carbocycles. The fraction of sp³-hybridized carbons (Fsp3) is 0.625. The van der Waals surface area contributed by atoms with Crippen molar-refractivity contribution in [2.24, 2.45) is 0 Å². The molecule has 1 N–H and O–H groups in total. The number of hydrogen-bond acceptors (Lipinski definition) is 3. The summed E-state index contributed by atoms with van der Waals surface area (Å²) < 4.78 is 19.3. The summed E-state index contributed by atoms with van der Waals surface area (Å²) in [5.41, 5.74) is 0.640. The second-order valence-corrected chi connectivity index (χ2v) is 6.91. The number of benzene rings is 1. The van der Waals surface area contributed by atoms with E-state index in [-0.39, 0.29) is 11.9 Å². The first-order valence-electron chi connectivity index (χ1n) is 7.35. The van der Waals surface area contributed by atoms with Gasteiger partial charge in [-0.25, -0.2) is 4.39 Å². The molecule has 0 spiro atoms. The van der Waals surface area contributed by atoms with Crippen LogP contribution in [-0.2, 0) is 0 Å². The molecule has 3 unspecified atom stereocenters. The first-order chi connectivity index (χ1) is 9.65. The minimum absolute atomic E-state index is 0.0264. The van der Waals surface area contributed by atoms with Crippen molar-refractivity contribution in [3.63, 3.8) is 0 Å². The molecule has 1 aromatic rings. The highest BCUT2D eigenvalue weighted by Crippen LogP contribution is 2.33. The molecular formula is C16H24FNOS. The van der Waals surface area contributed by atoms with E-state index in [0.29, 0.717) is 17.4 Å². The Kier molecular flexibility index (Phi) is 5.73. The lowest BCUT2D eigenvalue weighted by Gasteiger charge is -2.22. The van der Waals surface area contributed by atoms with E-state index in [0.717, 1.165) is 5.25 Å². The van der Waals surface area contributed by atoms with Crippen LogP contribution >= 0.6 is 11.8 Å². The van der Waals surface area contributed by atoms with Gasteiger partial charge in [0.25, 0.3) is 0 Å². The molecular weight excluding hydrogens is 273 g/mol. The molecule has 112 valence electrons. The van der Waals surface area contributed by atoms with Gasteiger partial charge in [-0.15, -0.1) is 0 Å². The first kappa shape index (κ1) is 15.6. The van der Waals surface area contributed by atoms with Crippen molar-refractivity contribution < 1.29 is 9.13 Å². The Hall–Kier alpha value is -0.740. The summed E-state index contributed by atoms with van der Waals surface area (Å²) in [6.45, 7) is 4.22. The zero-order valence-electron chi connectivity index (χ0n) is 12.5. The van der Waals surface area contributed by atoms with E-state index < -0.39 is 0 Å². The summed E-state index contributed by atoms with van der Waals surface area (Å²) in [6, 6.07) is 5.47. The Morgan fingerprint density at radius 3 is 2.95 bits per heavy atom. The van der Waals surface area contributed by atoms with Crippen LogP contribution in [-0.4, -0.2) is 24.2 Å². The van der Waals surface area contributed by atoms with Crippen LogP contribution in [0.25, 0.3) is 0 Å². The van der Waals surface area contributed by atoms with Crippen molar-refractivity contribution in [2.75, 3.05) is 12.9 Å². The second kappa shape index (κ2) is 7.32. The number of hydrogen-bond donors (Lipinski definition) is 1. The molecule has 0 aliphatic heterocycles. The zero-order valence-corrected chi connectivity index (χ0v) is 13.3. The Morgan fingerprint density at radius 2 is 2.25 bits per heavy atom. The van der Waals surface area contributed by atoms with Gasteiger partial charge in [0.15, 0.2) is 0 Å². The third-order valence-electron chi connectivity index (χ3n) is 3.94. The minimum atomic E-state index is -0.193. The van der Waals surface area contributed by atoms with Gasteiger partial charge in [0, 0.05) is 22.9 Å². The smallest absolute Gasteiger partial charge is 0.131 e. The van der Waals surface area contributed by atoms with Crippen LogP contribution < -0.4 is 10.1 Å². The highest BCUT2D eigenvalue weighted by atomic mass is 32.2. The molecule has 4 heteroatoms. The number of thioether (sulfide) groups is 1. The largest absolute Gasteiger partial charge is 0.496 e. The zero-order chi connectivity index (χ0) is 14.5. The lowest BCUT2D eigenvalue weighted by molar-refractivity contribution is 0.383. The molecule has 0 saturated heterocycles. The van der Waals surface area contributed by atoms with Gasteiger partial charge in [-0.3, -0.25) is 0 Å². The molecule has 2 nitrogen and oxygen atoms in total. The highest BCUT2D eigenvalue weighted by molar-refractivity contribution is 7.99. The summed E-state index contributed by atoms with van der Waals surface area (Å²) in [6.07, 6.45) is 3.62. The maximum atomic E-state index is 14.0. The standard InChI is InChI=1S/C16H24FNOS/c1-4-20-13-9-8-12(10-13)18-11(2)16-14(17)6-5-7-15(16)19-3/h5-7,11-13,18H,4,8-10H2,1-3H3. The number of rotatable bonds is 6. The fourth-order valence-corrected chi connectivity index (χ4v) is 4.17. The Labute approximate surface area is 125 Å². The summed E-state index contributed by atoms with van der Waals surface area (Å²) in [5, 5.41) is 4.32. The van der Waals surface area contributed by atoms with Gasteiger partial charge in [-0.05, 0) is 44.1 Å². The third-order valence-corrected chi connectivity index (χ3v) is 5.17. The number of ether oxygens (including phenoxy) is 1. The van der Waals surface area contributed by atoms with Gasteiger partial charge in [-0.1, -0.05) is 13.0 Å². The van der Waals surface area contributed by atoms with E-state index >= 15 is 0 Å². The van der Waals surface area contributed by atoms with Gasteiger partial charge < -0.3 is 10.1 Å². The Bertz CT molecular complexity index is 440. The molecule has 0 amide bonds. The number of methoxy groups -OCH3 is 1. The van der Waals surface area contributed by atoms with Crippen molar-refractivity contribution in [1.29, 1.82) is 0 Å². The van der Waals surface area contributed by atoms with E-state index in [2.05, 4.69) is 12.2 Å². The second-order valence-electron chi connectivity index (χ2n) is 5.33. The molecule has 0 heterocycles. The van der Waals surface area contributed by atoms with Gasteiger partial charge in [0.2, 0.25) is 0 Å². The Balaban J connectivity index is 2.00. The van der Waals surface area contributed by atoms with E-state index in [1.54, 1.807) is 13.2 Å². The van der Waals surface area contributed by atoms with Crippen LogP contribution in [0.1, 0.15) is 44.7 Å². The van der Waals surface area contributed by atoms with Crippen LogP contribution in [0.5, 0.6) is 5.75 Å². The maximum Gasteiger partial charge on any atom is 0.131 e. The average molecular weight is 297 g/mol. The van der Waals surface area contributed by atoms with E-state index in [1.807, 2.05) is 24.8 Å². The molecule has 0 bridgehead atoms. The van der Waals surface area contributed by atoms with Crippen molar-refractivity contribution in [1.82, 2.24) is 5.32 Å². The predicted molar refractivity (Wildman–Crippen MR) is 84.1 cm³/mol. The van der Waals surface area contributed by atoms with Gasteiger partial charge >= 0.3 is 0 Å². The molecule has 1 saturated carbocycles. The number of nitrogens with one attached hydrogen (secondary N) is 1. The summed E-state index contributed by atoms with van der Waals surface area (Å²) in [4.78, 5) is 0. The quantitative estimate of drug-likeness (QED) is 0.852. The first-order valence-corrected chi connectivity index (χ1v) is 8.40. The predicted octanol–water partition coefficient (Wildman–Crippen LogP) is 4.16. The van der Waals surface area contributed by atoms with Gasteiger partial charge in [0.05, 0.1) is 7.11 Å². The topological polar surface area (TPSA) is 21.3 Å². The van der Waals surface area contributed by atoms with E-state index in [1.165, 1.54) is 31.1 Å². The fourth-order valence-electron chi connectivity index (χ4n) is 3.03. The monoisotopic (exact) mass is 297 g/mol. The molecule has 3 atom stereocenters. The van der Waals surface area contributed by atoms with Crippen molar-refractivity contribution >= 4 is 11.8 Å². The summed E-state index contributed by atoms with van der Waals surface area (Å²) in [7, 11) is 1.59. The molecule has 2 rings (SSSR count).